The van der Waals surface area contributed by atoms with Crippen molar-refractivity contribution in [3.8, 4) is 5.75 Å². The zero-order valence-electron chi connectivity index (χ0n) is 17.8. The smallest absolute Gasteiger partial charge is 0.338 e. The van der Waals surface area contributed by atoms with E-state index in [1.165, 1.54) is 24.8 Å². The molecule has 1 unspecified atom stereocenters. The van der Waals surface area contributed by atoms with Gasteiger partial charge in [-0.2, -0.15) is 0 Å². The van der Waals surface area contributed by atoms with Crippen LogP contribution in [0.15, 0.2) is 42.3 Å². The standard InChI is InChI=1S/C23H31N3O4/c1-15(2)17-7-4-8-20(10-17)30-21-11-18-13-25(14-19(18)12-21)23(29)26(24)9-5-6-16(3)22(27)28/h4,6-10,15-16,18-19,21H,11-14,24H2,1-3H3,(H,27,28)/t5?,16?,18-,19+,21+. The second-order valence-corrected chi connectivity index (χ2v) is 8.64. The van der Waals surface area contributed by atoms with E-state index in [0.717, 1.165) is 23.6 Å². The largest absolute Gasteiger partial charge is 0.490 e. The quantitative estimate of drug-likeness (QED) is 0.322. The van der Waals surface area contributed by atoms with Crippen LogP contribution in [0.4, 0.5) is 4.79 Å². The molecule has 1 aliphatic heterocycles. The number of hydrogen-bond donors (Lipinski definition) is 2. The lowest BCUT2D eigenvalue weighted by Crippen LogP contribution is -2.43. The molecular weight excluding hydrogens is 382 g/mol. The van der Waals surface area contributed by atoms with Crippen molar-refractivity contribution in [2.75, 3.05) is 13.1 Å². The number of rotatable bonds is 6. The van der Waals surface area contributed by atoms with Crippen molar-refractivity contribution in [2.24, 2.45) is 23.6 Å². The average Bonchev–Trinajstić information content (AvgIpc) is 3.25. The average molecular weight is 414 g/mol. The van der Waals surface area contributed by atoms with Gasteiger partial charge in [0, 0.05) is 13.1 Å². The maximum absolute atomic E-state index is 12.6. The van der Waals surface area contributed by atoms with Crippen LogP contribution in [0.5, 0.6) is 5.75 Å². The number of ether oxygens (including phenoxy) is 1. The SMILES string of the molecule is CC(C=C=CN(N)C(=O)N1C[C@H]2C[C@H](Oc3cccc(C(C)C)c3)C[C@H]2C1)C(=O)O. The van der Waals surface area contributed by atoms with Crippen LogP contribution in [0.2, 0.25) is 0 Å². The van der Waals surface area contributed by atoms with Crippen LogP contribution in [0.3, 0.4) is 0 Å². The van der Waals surface area contributed by atoms with Gasteiger partial charge in [0.15, 0.2) is 0 Å². The number of hydrazine groups is 1. The molecule has 2 aliphatic rings. The van der Waals surface area contributed by atoms with Crippen LogP contribution in [0, 0.1) is 17.8 Å². The minimum absolute atomic E-state index is 0.175. The van der Waals surface area contributed by atoms with Gasteiger partial charge in [-0.25, -0.2) is 15.6 Å². The third-order valence-corrected chi connectivity index (χ3v) is 5.98. The molecule has 162 valence electrons. The van der Waals surface area contributed by atoms with Crippen molar-refractivity contribution in [2.45, 2.75) is 45.6 Å². The number of urea groups is 1. The van der Waals surface area contributed by atoms with Gasteiger partial charge < -0.3 is 14.7 Å². The minimum atomic E-state index is -0.953. The molecule has 1 saturated heterocycles. The van der Waals surface area contributed by atoms with E-state index in [9.17, 15) is 9.59 Å². The highest BCUT2D eigenvalue weighted by Crippen LogP contribution is 2.40. The molecule has 7 heteroatoms. The third kappa shape index (κ3) is 5.23. The Bertz CT molecular complexity index is 833. The molecule has 4 atom stereocenters. The first kappa shape index (κ1) is 21.9. The van der Waals surface area contributed by atoms with Crippen LogP contribution in [0.25, 0.3) is 0 Å². The molecule has 1 saturated carbocycles. The summed E-state index contributed by atoms with van der Waals surface area (Å²) in [5.74, 6) is 6.37. The lowest BCUT2D eigenvalue weighted by Gasteiger charge is -2.23. The highest BCUT2D eigenvalue weighted by Gasteiger charge is 2.43. The summed E-state index contributed by atoms with van der Waals surface area (Å²) in [5, 5.41) is 9.83. The van der Waals surface area contributed by atoms with E-state index >= 15 is 0 Å². The molecule has 7 nitrogen and oxygen atoms in total. The Kier molecular flexibility index (Phi) is 6.85. The summed E-state index contributed by atoms with van der Waals surface area (Å²) < 4.78 is 6.23. The molecule has 1 aromatic rings. The van der Waals surface area contributed by atoms with Gasteiger partial charge >= 0.3 is 12.0 Å². The first-order valence-electron chi connectivity index (χ1n) is 10.5. The van der Waals surface area contributed by atoms with Crippen LogP contribution in [-0.2, 0) is 4.79 Å². The summed E-state index contributed by atoms with van der Waals surface area (Å²) in [7, 11) is 0. The fourth-order valence-corrected chi connectivity index (χ4v) is 4.19. The molecular formula is C23H31N3O4. The third-order valence-electron chi connectivity index (χ3n) is 5.98. The van der Waals surface area contributed by atoms with Crippen molar-refractivity contribution < 1.29 is 19.4 Å². The number of benzene rings is 1. The number of carbonyl (C=O) groups is 2. The van der Waals surface area contributed by atoms with E-state index in [-0.39, 0.29) is 12.1 Å². The van der Waals surface area contributed by atoms with Crippen molar-refractivity contribution >= 4 is 12.0 Å². The van der Waals surface area contributed by atoms with Gasteiger partial charge in [0.2, 0.25) is 0 Å². The fraction of sp³-hybridized carbons (Fsp3) is 0.522. The second kappa shape index (κ2) is 9.37. The number of amides is 2. The van der Waals surface area contributed by atoms with Gasteiger partial charge in [0.05, 0.1) is 18.2 Å². The number of fused-ring (bicyclic) bond motifs is 1. The molecule has 0 aromatic heterocycles. The summed E-state index contributed by atoms with van der Waals surface area (Å²) in [6.07, 6.45) is 4.68. The molecule has 2 amide bonds. The molecule has 0 radical (unpaired) electrons. The van der Waals surface area contributed by atoms with Gasteiger partial charge in [-0.15, -0.1) is 5.73 Å². The lowest BCUT2D eigenvalue weighted by atomic mass is 10.0. The summed E-state index contributed by atoms with van der Waals surface area (Å²) in [6.45, 7) is 7.19. The Morgan fingerprint density at radius 3 is 2.53 bits per heavy atom. The van der Waals surface area contributed by atoms with Gasteiger partial charge in [-0.05, 0) is 61.3 Å². The highest BCUT2D eigenvalue weighted by atomic mass is 16.5. The van der Waals surface area contributed by atoms with Crippen LogP contribution in [-0.4, -0.2) is 46.2 Å². The van der Waals surface area contributed by atoms with Crippen molar-refractivity contribution in [3.63, 3.8) is 0 Å². The van der Waals surface area contributed by atoms with Gasteiger partial charge in [-0.1, -0.05) is 26.0 Å². The van der Waals surface area contributed by atoms with Crippen LogP contribution in [0.1, 0.15) is 45.1 Å². The Labute approximate surface area is 177 Å². The molecule has 1 aromatic carbocycles. The van der Waals surface area contributed by atoms with E-state index in [1.54, 1.807) is 4.90 Å². The van der Waals surface area contributed by atoms with Crippen molar-refractivity contribution in [1.29, 1.82) is 0 Å². The van der Waals surface area contributed by atoms with Crippen molar-refractivity contribution in [3.05, 3.63) is 47.8 Å². The predicted octanol–water partition coefficient (Wildman–Crippen LogP) is 3.58. The zero-order chi connectivity index (χ0) is 21.8. The maximum Gasteiger partial charge on any atom is 0.338 e. The predicted molar refractivity (Wildman–Crippen MR) is 114 cm³/mol. The van der Waals surface area contributed by atoms with E-state index in [4.69, 9.17) is 15.7 Å². The number of carboxylic acid groups (broad SMARTS) is 1. The van der Waals surface area contributed by atoms with Crippen molar-refractivity contribution in [1.82, 2.24) is 9.91 Å². The Balaban J connectivity index is 1.51. The molecule has 0 spiro atoms. The van der Waals surface area contributed by atoms with Gasteiger partial charge in [0.1, 0.15) is 5.75 Å². The number of carboxylic acids is 1. The molecule has 1 heterocycles. The maximum atomic E-state index is 12.6. The molecule has 0 bridgehead atoms. The number of aliphatic carboxylic acids is 1. The normalized spacial score (nSPS) is 23.5. The topological polar surface area (TPSA) is 96.1 Å². The number of hydrogen-bond acceptors (Lipinski definition) is 4. The summed E-state index contributed by atoms with van der Waals surface area (Å²) in [4.78, 5) is 25.1. The molecule has 30 heavy (non-hydrogen) atoms. The molecule has 3 N–H and O–H groups in total. The first-order valence-corrected chi connectivity index (χ1v) is 10.5. The number of likely N-dealkylation sites (tertiary alicyclic amines) is 1. The molecule has 2 fully saturated rings. The second-order valence-electron chi connectivity index (χ2n) is 8.64. The van der Waals surface area contributed by atoms with E-state index in [1.807, 2.05) is 12.1 Å². The molecule has 3 rings (SSSR count). The summed E-state index contributed by atoms with van der Waals surface area (Å²) >= 11 is 0. The van der Waals surface area contributed by atoms with Crippen LogP contribution < -0.4 is 10.6 Å². The Morgan fingerprint density at radius 1 is 1.27 bits per heavy atom. The van der Waals surface area contributed by atoms with E-state index < -0.39 is 11.9 Å². The van der Waals surface area contributed by atoms with E-state index in [0.29, 0.717) is 30.8 Å². The van der Waals surface area contributed by atoms with Gasteiger partial charge in [0.25, 0.3) is 0 Å². The first-order chi connectivity index (χ1) is 14.2. The monoisotopic (exact) mass is 413 g/mol. The van der Waals surface area contributed by atoms with Crippen LogP contribution >= 0.6 is 0 Å². The minimum Gasteiger partial charge on any atom is -0.490 e. The number of nitrogens with zero attached hydrogens (tertiary/aromatic N) is 2. The zero-order valence-corrected chi connectivity index (χ0v) is 17.8. The highest BCUT2D eigenvalue weighted by molar-refractivity contribution is 5.75. The molecule has 1 aliphatic carbocycles. The number of nitrogens with two attached hydrogens (primary N) is 1. The lowest BCUT2D eigenvalue weighted by molar-refractivity contribution is -0.139. The summed E-state index contributed by atoms with van der Waals surface area (Å²) in [6, 6.07) is 7.99. The Morgan fingerprint density at radius 2 is 1.93 bits per heavy atom. The van der Waals surface area contributed by atoms with Gasteiger partial charge in [-0.3, -0.25) is 4.79 Å². The fourth-order valence-electron chi connectivity index (χ4n) is 4.19. The van der Waals surface area contributed by atoms with E-state index in [2.05, 4.69) is 31.7 Å². The summed E-state index contributed by atoms with van der Waals surface area (Å²) in [5.41, 5.74) is 3.94. The Hall–Kier alpha value is -2.76. The number of carbonyl (C=O) groups excluding carboxylic acids is 1.